The van der Waals surface area contributed by atoms with Gasteiger partial charge in [0.1, 0.15) is 0 Å². The molecule has 0 aromatic heterocycles. The van der Waals surface area contributed by atoms with Crippen molar-refractivity contribution in [3.05, 3.63) is 0 Å². The number of rotatable bonds is 8. The minimum atomic E-state index is 0.228. The van der Waals surface area contributed by atoms with Gasteiger partial charge in [0.25, 0.3) is 0 Å². The molecule has 15 heavy (non-hydrogen) atoms. The Bertz CT molecular complexity index is 166. The lowest BCUT2D eigenvalue weighted by atomic mass is 9.91. The Labute approximate surface area is 101 Å². The normalized spacial score (nSPS) is 30.2. The predicted octanol–water partition coefficient (Wildman–Crippen LogP) is 2.37. The molecule has 1 fully saturated rings. The van der Waals surface area contributed by atoms with Gasteiger partial charge < -0.3 is 14.2 Å². The van der Waals surface area contributed by atoms with Crippen LogP contribution < -0.4 is 0 Å². The predicted molar refractivity (Wildman–Crippen MR) is 63.6 cm³/mol. The molecule has 3 atom stereocenters. The second-order valence-corrected chi connectivity index (χ2v) is 4.87. The van der Waals surface area contributed by atoms with Gasteiger partial charge in [0.2, 0.25) is 0 Å². The van der Waals surface area contributed by atoms with Crippen LogP contribution in [0.1, 0.15) is 26.7 Å². The topological polar surface area (TPSA) is 27.7 Å². The molecule has 0 N–H and O–H groups in total. The molecular weight excluding hydrogens is 260 g/mol. The van der Waals surface area contributed by atoms with Crippen LogP contribution >= 0.6 is 15.9 Å². The quantitative estimate of drug-likeness (QED) is 0.505. The van der Waals surface area contributed by atoms with E-state index in [1.54, 1.807) is 0 Å². The summed E-state index contributed by atoms with van der Waals surface area (Å²) in [5.41, 5.74) is 0. The lowest BCUT2D eigenvalue weighted by Crippen LogP contribution is -2.51. The van der Waals surface area contributed by atoms with Crippen LogP contribution in [-0.2, 0) is 14.2 Å². The van der Waals surface area contributed by atoms with E-state index in [4.69, 9.17) is 14.2 Å². The van der Waals surface area contributed by atoms with Gasteiger partial charge in [-0.3, -0.25) is 0 Å². The van der Waals surface area contributed by atoms with Gasteiger partial charge in [0.05, 0.1) is 25.4 Å². The van der Waals surface area contributed by atoms with E-state index in [1.165, 1.54) is 0 Å². The maximum Gasteiger partial charge on any atom is 0.0962 e. The van der Waals surface area contributed by atoms with Gasteiger partial charge in [0, 0.05) is 18.0 Å². The van der Waals surface area contributed by atoms with E-state index in [9.17, 15) is 0 Å². The Balaban J connectivity index is 2.08. The summed E-state index contributed by atoms with van der Waals surface area (Å²) < 4.78 is 16.6. The van der Waals surface area contributed by atoms with E-state index in [-0.39, 0.29) is 12.2 Å². The highest BCUT2D eigenvalue weighted by atomic mass is 79.9. The van der Waals surface area contributed by atoms with Gasteiger partial charge in [-0.15, -0.1) is 0 Å². The van der Waals surface area contributed by atoms with Gasteiger partial charge in [0.15, 0.2) is 0 Å². The molecular formula is C11H21BrO3. The average Bonchev–Trinajstić information content (AvgIpc) is 2.23. The van der Waals surface area contributed by atoms with Crippen molar-refractivity contribution in [2.75, 3.05) is 26.4 Å². The summed E-state index contributed by atoms with van der Waals surface area (Å²) in [7, 11) is 0. The minimum absolute atomic E-state index is 0.228. The molecule has 0 aromatic carbocycles. The number of hydrogen-bond acceptors (Lipinski definition) is 3. The van der Waals surface area contributed by atoms with Crippen molar-refractivity contribution in [1.82, 2.24) is 0 Å². The van der Waals surface area contributed by atoms with Crippen molar-refractivity contribution in [2.45, 2.75) is 43.7 Å². The molecule has 0 aromatic rings. The first-order valence-electron chi connectivity index (χ1n) is 5.74. The molecule has 90 valence electrons. The Hall–Kier alpha value is 0.360. The van der Waals surface area contributed by atoms with E-state index in [0.29, 0.717) is 18.0 Å². The van der Waals surface area contributed by atoms with Gasteiger partial charge >= 0.3 is 0 Å². The molecule has 0 amide bonds. The summed E-state index contributed by atoms with van der Waals surface area (Å²) in [6, 6.07) is 0. The molecule has 4 heteroatoms. The van der Waals surface area contributed by atoms with E-state index < -0.39 is 0 Å². The maximum absolute atomic E-state index is 5.70. The molecule has 0 aliphatic heterocycles. The number of ether oxygens (including phenoxy) is 3. The van der Waals surface area contributed by atoms with Gasteiger partial charge in [-0.1, -0.05) is 22.9 Å². The fraction of sp³-hybridized carbons (Fsp3) is 1.00. The summed E-state index contributed by atoms with van der Waals surface area (Å²) in [5, 5.41) is 0. The molecule has 0 heterocycles. The number of halogens is 1. The molecule has 1 rings (SSSR count). The van der Waals surface area contributed by atoms with Crippen LogP contribution in [0.4, 0.5) is 0 Å². The summed E-state index contributed by atoms with van der Waals surface area (Å²) in [5.74, 6) is 0. The molecule has 0 radical (unpaired) electrons. The first-order valence-corrected chi connectivity index (χ1v) is 6.66. The van der Waals surface area contributed by atoms with E-state index in [2.05, 4.69) is 22.9 Å². The maximum atomic E-state index is 5.70. The molecule has 1 aliphatic rings. The zero-order chi connectivity index (χ0) is 11.1. The number of alkyl halides is 1. The van der Waals surface area contributed by atoms with Crippen LogP contribution in [0.15, 0.2) is 0 Å². The van der Waals surface area contributed by atoms with Crippen molar-refractivity contribution in [3.63, 3.8) is 0 Å². The second kappa shape index (κ2) is 7.60. The molecule has 3 nitrogen and oxygen atoms in total. The number of hydrogen-bond donors (Lipinski definition) is 0. The fourth-order valence-corrected chi connectivity index (χ4v) is 2.42. The van der Waals surface area contributed by atoms with Crippen LogP contribution in [-0.4, -0.2) is 43.5 Å². The average molecular weight is 281 g/mol. The summed E-state index contributed by atoms with van der Waals surface area (Å²) in [4.78, 5) is 0.459. The van der Waals surface area contributed by atoms with Crippen molar-refractivity contribution in [3.8, 4) is 0 Å². The molecule has 0 saturated heterocycles. The monoisotopic (exact) mass is 280 g/mol. The van der Waals surface area contributed by atoms with E-state index in [0.717, 1.165) is 26.1 Å². The van der Waals surface area contributed by atoms with Crippen molar-refractivity contribution in [2.24, 2.45) is 0 Å². The Morgan fingerprint density at radius 2 is 1.93 bits per heavy atom. The van der Waals surface area contributed by atoms with E-state index >= 15 is 0 Å². The van der Waals surface area contributed by atoms with Gasteiger partial charge in [-0.05, 0) is 19.8 Å². The molecule has 0 spiro atoms. The lowest BCUT2D eigenvalue weighted by molar-refractivity contribution is -0.128. The zero-order valence-electron chi connectivity index (χ0n) is 9.58. The van der Waals surface area contributed by atoms with Gasteiger partial charge in [-0.25, -0.2) is 0 Å². The third kappa shape index (κ3) is 4.39. The van der Waals surface area contributed by atoms with Crippen molar-refractivity contribution < 1.29 is 14.2 Å². The summed E-state index contributed by atoms with van der Waals surface area (Å²) >= 11 is 3.58. The first kappa shape index (κ1) is 13.4. The standard InChI is InChI=1S/C11H21BrO3/c1-3-5-15-11-9(12)8-10(11)14-7-6-13-4-2/h9-11H,3-8H2,1-2H3. The van der Waals surface area contributed by atoms with E-state index in [1.807, 2.05) is 6.92 Å². The first-order chi connectivity index (χ1) is 7.29. The summed E-state index contributed by atoms with van der Waals surface area (Å²) in [6.07, 6.45) is 2.58. The minimum Gasteiger partial charge on any atom is -0.379 e. The molecule has 0 bridgehead atoms. The highest BCUT2D eigenvalue weighted by Gasteiger charge is 2.41. The molecule has 1 saturated carbocycles. The third-order valence-electron chi connectivity index (χ3n) is 2.46. The van der Waals surface area contributed by atoms with Crippen molar-refractivity contribution >= 4 is 15.9 Å². The molecule has 1 aliphatic carbocycles. The van der Waals surface area contributed by atoms with Crippen LogP contribution in [0.25, 0.3) is 0 Å². The molecule has 3 unspecified atom stereocenters. The van der Waals surface area contributed by atoms with Crippen LogP contribution in [0.2, 0.25) is 0 Å². The van der Waals surface area contributed by atoms with Crippen LogP contribution in [0, 0.1) is 0 Å². The Kier molecular flexibility index (Phi) is 6.81. The highest BCUT2D eigenvalue weighted by Crippen LogP contribution is 2.33. The van der Waals surface area contributed by atoms with Crippen LogP contribution in [0.5, 0.6) is 0 Å². The third-order valence-corrected chi connectivity index (χ3v) is 3.35. The van der Waals surface area contributed by atoms with Crippen molar-refractivity contribution in [1.29, 1.82) is 0 Å². The SMILES string of the molecule is CCCOC1C(Br)CC1OCCOCC. The van der Waals surface area contributed by atoms with Gasteiger partial charge in [-0.2, -0.15) is 0 Å². The largest absolute Gasteiger partial charge is 0.379 e. The lowest BCUT2D eigenvalue weighted by Gasteiger charge is -2.40. The smallest absolute Gasteiger partial charge is 0.0962 e. The highest BCUT2D eigenvalue weighted by molar-refractivity contribution is 9.09. The summed E-state index contributed by atoms with van der Waals surface area (Å²) in [6.45, 7) is 7.03. The zero-order valence-corrected chi connectivity index (χ0v) is 11.2. The van der Waals surface area contributed by atoms with Crippen LogP contribution in [0.3, 0.4) is 0 Å². The fourth-order valence-electron chi connectivity index (χ4n) is 1.56. The second-order valence-electron chi connectivity index (χ2n) is 3.69. The Morgan fingerprint density at radius 3 is 2.53 bits per heavy atom. The Morgan fingerprint density at radius 1 is 1.13 bits per heavy atom.